The van der Waals surface area contributed by atoms with Gasteiger partial charge in [-0.25, -0.2) is 8.42 Å². The Bertz CT molecular complexity index is 495. The first-order valence-electron chi connectivity index (χ1n) is 4.98. The quantitative estimate of drug-likeness (QED) is 0.777. The predicted molar refractivity (Wildman–Crippen MR) is 63.0 cm³/mol. The number of nitrogens with one attached hydrogen (secondary N) is 1. The molecule has 0 amide bonds. The Balaban J connectivity index is 2.26. The summed E-state index contributed by atoms with van der Waals surface area (Å²) in [5.74, 6) is 0.572. The highest BCUT2D eigenvalue weighted by molar-refractivity contribution is 7.93. The SMILES string of the molecule is COc1ccc(N)c(NS(=O)(=O)C2CC2)c1. The summed E-state index contributed by atoms with van der Waals surface area (Å²) in [6.07, 6.45) is 1.44. The lowest BCUT2D eigenvalue weighted by Gasteiger charge is -2.10. The van der Waals surface area contributed by atoms with E-state index in [1.807, 2.05) is 0 Å². The fourth-order valence-electron chi connectivity index (χ4n) is 1.37. The van der Waals surface area contributed by atoms with Crippen LogP contribution in [0.3, 0.4) is 0 Å². The molecule has 16 heavy (non-hydrogen) atoms. The number of hydrogen-bond acceptors (Lipinski definition) is 4. The molecule has 0 unspecified atom stereocenters. The first-order chi connectivity index (χ1) is 7.53. The third kappa shape index (κ3) is 2.21. The molecule has 1 saturated carbocycles. The number of benzene rings is 1. The molecule has 1 fully saturated rings. The van der Waals surface area contributed by atoms with Crippen LogP contribution in [0.2, 0.25) is 0 Å². The molecule has 0 atom stereocenters. The molecule has 1 aromatic rings. The molecule has 88 valence electrons. The number of sulfonamides is 1. The maximum absolute atomic E-state index is 11.7. The van der Waals surface area contributed by atoms with E-state index in [9.17, 15) is 8.42 Å². The van der Waals surface area contributed by atoms with Gasteiger partial charge in [0.2, 0.25) is 10.0 Å². The van der Waals surface area contributed by atoms with E-state index in [1.165, 1.54) is 7.11 Å². The topological polar surface area (TPSA) is 81.4 Å². The molecule has 0 bridgehead atoms. The van der Waals surface area contributed by atoms with E-state index in [1.54, 1.807) is 18.2 Å². The van der Waals surface area contributed by atoms with Gasteiger partial charge in [0.25, 0.3) is 0 Å². The second kappa shape index (κ2) is 3.86. The van der Waals surface area contributed by atoms with Crippen molar-refractivity contribution < 1.29 is 13.2 Å². The van der Waals surface area contributed by atoms with Crippen LogP contribution in [0, 0.1) is 0 Å². The van der Waals surface area contributed by atoms with E-state index in [2.05, 4.69) is 4.72 Å². The Kier molecular flexibility index (Phi) is 2.67. The molecule has 1 aliphatic carbocycles. The van der Waals surface area contributed by atoms with Crippen LogP contribution in [-0.2, 0) is 10.0 Å². The van der Waals surface area contributed by atoms with Gasteiger partial charge in [-0.1, -0.05) is 0 Å². The molecule has 1 aliphatic rings. The molecule has 0 heterocycles. The lowest BCUT2D eigenvalue weighted by atomic mass is 10.2. The molecule has 3 N–H and O–H groups in total. The largest absolute Gasteiger partial charge is 0.497 e. The Morgan fingerprint density at radius 3 is 2.69 bits per heavy atom. The Morgan fingerprint density at radius 1 is 1.44 bits per heavy atom. The number of hydrogen-bond donors (Lipinski definition) is 2. The first kappa shape index (κ1) is 11.1. The second-order valence-corrected chi connectivity index (χ2v) is 5.76. The van der Waals surface area contributed by atoms with Crippen LogP contribution >= 0.6 is 0 Å². The van der Waals surface area contributed by atoms with Gasteiger partial charge in [0.15, 0.2) is 0 Å². The summed E-state index contributed by atoms with van der Waals surface area (Å²) < 4.78 is 30.9. The van der Waals surface area contributed by atoms with Crippen molar-refractivity contribution >= 4 is 21.4 Å². The Hall–Kier alpha value is -1.43. The maximum atomic E-state index is 11.7. The summed E-state index contributed by atoms with van der Waals surface area (Å²) in [6.45, 7) is 0. The minimum absolute atomic E-state index is 0.266. The zero-order chi connectivity index (χ0) is 11.8. The van der Waals surface area contributed by atoms with Crippen LogP contribution in [0.5, 0.6) is 5.75 Å². The summed E-state index contributed by atoms with van der Waals surface area (Å²) in [5.41, 5.74) is 6.46. The molecule has 0 aliphatic heterocycles. The first-order valence-corrected chi connectivity index (χ1v) is 6.53. The van der Waals surface area contributed by atoms with Crippen LogP contribution in [0.1, 0.15) is 12.8 Å². The van der Waals surface area contributed by atoms with Gasteiger partial charge in [0.05, 0.1) is 23.7 Å². The third-order valence-corrected chi connectivity index (χ3v) is 4.33. The van der Waals surface area contributed by atoms with Gasteiger partial charge in [-0.2, -0.15) is 0 Å². The number of methoxy groups -OCH3 is 1. The molecule has 6 heteroatoms. The second-order valence-electron chi connectivity index (χ2n) is 3.80. The van der Waals surface area contributed by atoms with Crippen molar-refractivity contribution in [2.45, 2.75) is 18.1 Å². The number of ether oxygens (including phenoxy) is 1. The number of rotatable bonds is 4. The average molecular weight is 242 g/mol. The van der Waals surface area contributed by atoms with Gasteiger partial charge in [0.1, 0.15) is 5.75 Å². The number of anilines is 2. The standard InChI is InChI=1S/C10H14N2O3S/c1-15-7-2-5-9(11)10(6-7)12-16(13,14)8-3-4-8/h2,5-6,8,12H,3-4,11H2,1H3. The van der Waals surface area contributed by atoms with Crippen LogP contribution in [-0.4, -0.2) is 20.8 Å². The predicted octanol–water partition coefficient (Wildman–Crippen LogP) is 1.18. The third-order valence-electron chi connectivity index (χ3n) is 2.48. The summed E-state index contributed by atoms with van der Waals surface area (Å²) in [4.78, 5) is 0. The summed E-state index contributed by atoms with van der Waals surface area (Å²) in [6, 6.07) is 4.88. The van der Waals surface area contributed by atoms with E-state index >= 15 is 0 Å². The van der Waals surface area contributed by atoms with Gasteiger partial charge in [0, 0.05) is 6.07 Å². The van der Waals surface area contributed by atoms with E-state index in [0.717, 1.165) is 12.8 Å². The van der Waals surface area contributed by atoms with E-state index in [4.69, 9.17) is 10.5 Å². The lowest BCUT2D eigenvalue weighted by molar-refractivity contribution is 0.415. The Morgan fingerprint density at radius 2 is 2.12 bits per heavy atom. The van der Waals surface area contributed by atoms with Crippen LogP contribution in [0.4, 0.5) is 11.4 Å². The van der Waals surface area contributed by atoms with Gasteiger partial charge < -0.3 is 10.5 Å². The van der Waals surface area contributed by atoms with Crippen molar-refractivity contribution in [2.24, 2.45) is 0 Å². The summed E-state index contributed by atoms with van der Waals surface area (Å²) in [7, 11) is -1.75. The summed E-state index contributed by atoms with van der Waals surface area (Å²) >= 11 is 0. The van der Waals surface area contributed by atoms with Crippen LogP contribution < -0.4 is 15.2 Å². The zero-order valence-electron chi connectivity index (χ0n) is 8.93. The monoisotopic (exact) mass is 242 g/mol. The van der Waals surface area contributed by atoms with Crippen molar-refractivity contribution in [3.05, 3.63) is 18.2 Å². The fourth-order valence-corrected chi connectivity index (χ4v) is 2.77. The molecule has 1 aromatic carbocycles. The number of nitrogens with two attached hydrogens (primary N) is 1. The van der Waals surface area contributed by atoms with Crippen molar-refractivity contribution in [3.63, 3.8) is 0 Å². The van der Waals surface area contributed by atoms with Crippen molar-refractivity contribution in [3.8, 4) is 5.75 Å². The van der Waals surface area contributed by atoms with Gasteiger partial charge in [-0.3, -0.25) is 4.72 Å². The fraction of sp³-hybridized carbons (Fsp3) is 0.400. The van der Waals surface area contributed by atoms with Crippen molar-refractivity contribution in [1.29, 1.82) is 0 Å². The smallest absolute Gasteiger partial charge is 0.235 e. The van der Waals surface area contributed by atoms with Gasteiger partial charge in [-0.15, -0.1) is 0 Å². The van der Waals surface area contributed by atoms with Crippen LogP contribution in [0.25, 0.3) is 0 Å². The molecule has 2 rings (SSSR count). The summed E-state index contributed by atoms with van der Waals surface area (Å²) in [5, 5.41) is -0.266. The average Bonchev–Trinajstić information content (AvgIpc) is 3.04. The maximum Gasteiger partial charge on any atom is 0.235 e. The normalized spacial score (nSPS) is 15.8. The zero-order valence-corrected chi connectivity index (χ0v) is 9.75. The molecule has 5 nitrogen and oxygen atoms in total. The Labute approximate surface area is 94.6 Å². The minimum atomic E-state index is -3.27. The van der Waals surface area contributed by atoms with E-state index in [0.29, 0.717) is 17.1 Å². The highest BCUT2D eigenvalue weighted by Crippen LogP contribution is 2.32. The van der Waals surface area contributed by atoms with Gasteiger partial charge in [-0.05, 0) is 25.0 Å². The molecule has 0 radical (unpaired) electrons. The van der Waals surface area contributed by atoms with E-state index in [-0.39, 0.29) is 5.25 Å². The van der Waals surface area contributed by atoms with Crippen molar-refractivity contribution in [1.82, 2.24) is 0 Å². The highest BCUT2D eigenvalue weighted by atomic mass is 32.2. The molecular formula is C10H14N2O3S. The highest BCUT2D eigenvalue weighted by Gasteiger charge is 2.36. The minimum Gasteiger partial charge on any atom is -0.497 e. The van der Waals surface area contributed by atoms with E-state index < -0.39 is 10.0 Å². The lowest BCUT2D eigenvalue weighted by Crippen LogP contribution is -2.18. The molecule has 0 spiro atoms. The molecule has 0 saturated heterocycles. The molecule has 0 aromatic heterocycles. The number of nitrogen functional groups attached to an aromatic ring is 1. The van der Waals surface area contributed by atoms with Crippen molar-refractivity contribution in [2.75, 3.05) is 17.6 Å². The van der Waals surface area contributed by atoms with Gasteiger partial charge >= 0.3 is 0 Å². The van der Waals surface area contributed by atoms with Crippen LogP contribution in [0.15, 0.2) is 18.2 Å². The molecular weight excluding hydrogens is 228 g/mol.